The fourth-order valence-corrected chi connectivity index (χ4v) is 2.88. The first-order valence-electron chi connectivity index (χ1n) is 8.85. The molecule has 1 saturated carbocycles. The molecule has 0 radical (unpaired) electrons. The first-order chi connectivity index (χ1) is 13.6. The minimum Gasteiger partial charge on any atom is -0.495 e. The second-order valence-corrected chi connectivity index (χ2v) is 6.57. The van der Waals surface area contributed by atoms with Crippen LogP contribution in [0.25, 0.3) is 5.65 Å². The minimum atomic E-state index is -0.192. The topological polar surface area (TPSA) is 116 Å². The number of carbonyl (C=O) groups is 1. The summed E-state index contributed by atoms with van der Waals surface area (Å²) in [5.41, 5.74) is 3.05. The van der Waals surface area contributed by atoms with E-state index in [1.54, 1.807) is 19.2 Å². The van der Waals surface area contributed by atoms with Crippen LogP contribution >= 0.6 is 0 Å². The molecule has 0 bridgehead atoms. The van der Waals surface area contributed by atoms with Crippen molar-refractivity contribution in [1.29, 1.82) is 5.26 Å². The number of aromatic nitrogens is 3. The highest BCUT2D eigenvalue weighted by Gasteiger charge is 2.23. The van der Waals surface area contributed by atoms with E-state index in [9.17, 15) is 10.1 Å². The maximum absolute atomic E-state index is 11.4. The minimum absolute atomic E-state index is 0.192. The van der Waals surface area contributed by atoms with Crippen LogP contribution in [0.15, 0.2) is 30.5 Å². The third-order valence-electron chi connectivity index (χ3n) is 4.30. The zero-order valence-electron chi connectivity index (χ0n) is 15.5. The Labute approximate surface area is 161 Å². The number of rotatable bonds is 6. The van der Waals surface area contributed by atoms with Crippen molar-refractivity contribution in [1.82, 2.24) is 14.6 Å². The van der Waals surface area contributed by atoms with Crippen LogP contribution in [0.4, 0.5) is 22.9 Å². The fraction of sp³-hybridized carbons (Fsp3) is 0.263. The molecule has 0 aliphatic heterocycles. The van der Waals surface area contributed by atoms with Crippen LogP contribution in [0.1, 0.15) is 25.5 Å². The molecule has 2 aromatic heterocycles. The monoisotopic (exact) mass is 377 g/mol. The van der Waals surface area contributed by atoms with Gasteiger partial charge in [-0.25, -0.2) is 4.98 Å². The highest BCUT2D eigenvalue weighted by molar-refractivity contribution is 5.91. The van der Waals surface area contributed by atoms with Crippen molar-refractivity contribution in [3.8, 4) is 11.8 Å². The van der Waals surface area contributed by atoms with Gasteiger partial charge in [-0.1, -0.05) is 0 Å². The van der Waals surface area contributed by atoms with Crippen LogP contribution in [0.5, 0.6) is 5.75 Å². The van der Waals surface area contributed by atoms with E-state index in [0.29, 0.717) is 40.3 Å². The summed E-state index contributed by atoms with van der Waals surface area (Å²) in [5.74, 6) is 0.911. The molecule has 0 unspecified atom stereocenters. The van der Waals surface area contributed by atoms with Gasteiger partial charge >= 0.3 is 0 Å². The van der Waals surface area contributed by atoms with Crippen molar-refractivity contribution in [2.24, 2.45) is 0 Å². The van der Waals surface area contributed by atoms with Crippen molar-refractivity contribution < 1.29 is 9.53 Å². The summed E-state index contributed by atoms with van der Waals surface area (Å²) in [6.45, 7) is 1.44. The van der Waals surface area contributed by atoms with Crippen LogP contribution in [0, 0.1) is 11.3 Å². The number of hydrogen-bond donors (Lipinski definition) is 3. The van der Waals surface area contributed by atoms with Gasteiger partial charge in [0, 0.05) is 24.7 Å². The van der Waals surface area contributed by atoms with E-state index in [-0.39, 0.29) is 5.91 Å². The van der Waals surface area contributed by atoms with Crippen molar-refractivity contribution in [2.45, 2.75) is 25.8 Å². The summed E-state index contributed by atoms with van der Waals surface area (Å²) in [4.78, 5) is 15.8. The van der Waals surface area contributed by atoms with Gasteiger partial charge in [-0.3, -0.25) is 4.79 Å². The third-order valence-corrected chi connectivity index (χ3v) is 4.30. The molecule has 142 valence electrons. The average Bonchev–Trinajstić information content (AvgIpc) is 3.38. The summed E-state index contributed by atoms with van der Waals surface area (Å²) >= 11 is 0. The van der Waals surface area contributed by atoms with Crippen molar-refractivity contribution in [3.63, 3.8) is 0 Å². The Morgan fingerprint density at radius 2 is 2.14 bits per heavy atom. The quantitative estimate of drug-likeness (QED) is 0.605. The van der Waals surface area contributed by atoms with Gasteiger partial charge in [-0.2, -0.15) is 9.78 Å². The number of ether oxygens (including phenoxy) is 1. The molecule has 2 heterocycles. The Bertz CT molecular complexity index is 1100. The Hall–Kier alpha value is -3.80. The second-order valence-electron chi connectivity index (χ2n) is 6.57. The van der Waals surface area contributed by atoms with E-state index < -0.39 is 0 Å². The van der Waals surface area contributed by atoms with Gasteiger partial charge in [0.25, 0.3) is 0 Å². The van der Waals surface area contributed by atoms with Gasteiger partial charge in [0.05, 0.1) is 24.7 Å². The van der Waals surface area contributed by atoms with Crippen LogP contribution in [-0.4, -0.2) is 33.7 Å². The number of anilines is 4. The van der Waals surface area contributed by atoms with Gasteiger partial charge in [0.2, 0.25) is 5.91 Å². The largest absolute Gasteiger partial charge is 0.495 e. The Kier molecular flexibility index (Phi) is 4.45. The number of fused-ring (bicyclic) bond motifs is 1. The number of nitrogens with one attached hydrogen (secondary N) is 3. The van der Waals surface area contributed by atoms with Crippen molar-refractivity contribution >= 4 is 34.4 Å². The predicted molar refractivity (Wildman–Crippen MR) is 105 cm³/mol. The van der Waals surface area contributed by atoms with E-state index >= 15 is 0 Å². The molecule has 1 aliphatic carbocycles. The number of amides is 1. The van der Waals surface area contributed by atoms with E-state index in [1.807, 2.05) is 12.1 Å². The van der Waals surface area contributed by atoms with E-state index in [4.69, 9.17) is 4.74 Å². The first kappa shape index (κ1) is 17.6. The van der Waals surface area contributed by atoms with Gasteiger partial charge in [-0.05, 0) is 31.0 Å². The van der Waals surface area contributed by atoms with E-state index in [2.05, 4.69) is 32.1 Å². The molecule has 0 atom stereocenters. The Balaban J connectivity index is 1.71. The molecule has 0 spiro atoms. The number of carbonyl (C=O) groups excluding carboxylic acids is 1. The molecule has 9 nitrogen and oxygen atoms in total. The molecular formula is C19H19N7O2. The van der Waals surface area contributed by atoms with Gasteiger partial charge in [0.1, 0.15) is 11.8 Å². The van der Waals surface area contributed by atoms with Crippen molar-refractivity contribution in [2.75, 3.05) is 23.1 Å². The zero-order chi connectivity index (χ0) is 19.7. The van der Waals surface area contributed by atoms with Crippen LogP contribution in [0.2, 0.25) is 0 Å². The fourth-order valence-electron chi connectivity index (χ4n) is 2.88. The lowest BCUT2D eigenvalue weighted by molar-refractivity contribution is -0.114. The molecule has 9 heteroatoms. The Morgan fingerprint density at radius 3 is 2.82 bits per heavy atom. The van der Waals surface area contributed by atoms with E-state index in [0.717, 1.165) is 18.5 Å². The van der Waals surface area contributed by atoms with Gasteiger partial charge in [0.15, 0.2) is 17.2 Å². The highest BCUT2D eigenvalue weighted by Crippen LogP contribution is 2.31. The number of hydrogen-bond acceptors (Lipinski definition) is 7. The van der Waals surface area contributed by atoms with Crippen molar-refractivity contribution in [3.05, 3.63) is 36.2 Å². The summed E-state index contributed by atoms with van der Waals surface area (Å²) in [7, 11) is 1.54. The molecule has 0 saturated heterocycles. The standard InChI is InChI=1S/C19H19N7O2/c1-11(27)22-15-7-13(5-6-17(15)28-2)24-18-8-16(23-12-3-4-12)19-21-10-14(9-20)26(19)25-18/h5-8,10,12,23H,3-4H2,1-2H3,(H,22,27)(H,24,25). The number of nitrogens with zero attached hydrogens (tertiary/aromatic N) is 4. The lowest BCUT2D eigenvalue weighted by atomic mass is 10.2. The molecule has 3 N–H and O–H groups in total. The molecule has 1 aromatic carbocycles. The highest BCUT2D eigenvalue weighted by atomic mass is 16.5. The normalized spacial score (nSPS) is 13.0. The maximum Gasteiger partial charge on any atom is 0.221 e. The summed E-state index contributed by atoms with van der Waals surface area (Å²) in [6.07, 6.45) is 3.73. The molecule has 1 amide bonds. The smallest absolute Gasteiger partial charge is 0.221 e. The Morgan fingerprint density at radius 1 is 1.32 bits per heavy atom. The number of methoxy groups -OCH3 is 1. The van der Waals surface area contributed by atoms with Crippen LogP contribution in [-0.2, 0) is 4.79 Å². The first-order valence-corrected chi connectivity index (χ1v) is 8.85. The summed E-state index contributed by atoms with van der Waals surface area (Å²) in [5, 5.41) is 23.2. The molecule has 1 fully saturated rings. The third kappa shape index (κ3) is 3.53. The molecule has 3 aromatic rings. The summed E-state index contributed by atoms with van der Waals surface area (Å²) in [6, 6.07) is 9.73. The predicted octanol–water partition coefficient (Wildman–Crippen LogP) is 2.89. The molecule has 28 heavy (non-hydrogen) atoms. The van der Waals surface area contributed by atoms with E-state index in [1.165, 1.54) is 17.6 Å². The summed E-state index contributed by atoms with van der Waals surface area (Å²) < 4.78 is 6.80. The average molecular weight is 377 g/mol. The van der Waals surface area contributed by atoms with Gasteiger partial charge in [-0.15, -0.1) is 5.10 Å². The van der Waals surface area contributed by atoms with Crippen LogP contribution < -0.4 is 20.7 Å². The number of imidazole rings is 1. The maximum atomic E-state index is 11.4. The number of nitriles is 1. The SMILES string of the molecule is COc1ccc(Nc2cc(NC3CC3)c3ncc(C#N)n3n2)cc1NC(C)=O. The molecule has 1 aliphatic rings. The van der Waals surface area contributed by atoms with Gasteiger partial charge < -0.3 is 20.7 Å². The molecular weight excluding hydrogens is 358 g/mol. The lowest BCUT2D eigenvalue weighted by Gasteiger charge is -2.13. The van der Waals surface area contributed by atoms with Crippen LogP contribution in [0.3, 0.4) is 0 Å². The number of benzene rings is 1. The lowest BCUT2D eigenvalue weighted by Crippen LogP contribution is -2.09. The zero-order valence-corrected chi connectivity index (χ0v) is 15.5. The molecule has 4 rings (SSSR count). The second kappa shape index (κ2) is 7.08.